The van der Waals surface area contributed by atoms with Gasteiger partial charge >= 0.3 is 0 Å². The van der Waals surface area contributed by atoms with Gasteiger partial charge in [-0.15, -0.1) is 11.8 Å². The molecule has 1 N–H and O–H groups in total. The minimum Gasteiger partial charge on any atom is -0.372 e. The van der Waals surface area contributed by atoms with Crippen molar-refractivity contribution in [2.75, 3.05) is 23.3 Å². The van der Waals surface area contributed by atoms with E-state index in [1.54, 1.807) is 16.4 Å². The maximum Gasteiger partial charge on any atom is 0.276 e. The molecule has 1 saturated heterocycles. The van der Waals surface area contributed by atoms with Crippen LogP contribution in [0.4, 0.5) is 11.4 Å². The van der Waals surface area contributed by atoms with Gasteiger partial charge in [-0.3, -0.25) is 9.48 Å². The molecule has 1 aromatic heterocycles. The Morgan fingerprint density at radius 3 is 2.65 bits per heavy atom. The fourth-order valence-electron chi connectivity index (χ4n) is 4.40. The third kappa shape index (κ3) is 3.94. The van der Waals surface area contributed by atoms with Gasteiger partial charge in [0.1, 0.15) is 0 Å². The second kappa shape index (κ2) is 8.24. The summed E-state index contributed by atoms with van der Waals surface area (Å²) in [5, 5.41) is 8.26. The smallest absolute Gasteiger partial charge is 0.276 e. The van der Waals surface area contributed by atoms with Crippen LogP contribution < -0.4 is 10.2 Å². The van der Waals surface area contributed by atoms with Crippen LogP contribution in [0.2, 0.25) is 5.02 Å². The van der Waals surface area contributed by atoms with Crippen molar-refractivity contribution in [3.8, 4) is 11.3 Å². The van der Waals surface area contributed by atoms with Crippen LogP contribution >= 0.6 is 23.4 Å². The summed E-state index contributed by atoms with van der Waals surface area (Å²) in [4.78, 5) is 16.6. The Morgan fingerprint density at radius 2 is 1.90 bits per heavy atom. The molecule has 3 aromatic rings. The zero-order chi connectivity index (χ0) is 21.5. The highest BCUT2D eigenvalue weighted by Gasteiger charge is 2.28. The van der Waals surface area contributed by atoms with Crippen LogP contribution in [0, 0.1) is 5.92 Å². The summed E-state index contributed by atoms with van der Waals surface area (Å²) in [6.07, 6.45) is 2.46. The predicted octanol–water partition coefficient (Wildman–Crippen LogP) is 5.83. The topological polar surface area (TPSA) is 50.2 Å². The Morgan fingerprint density at radius 1 is 1.16 bits per heavy atom. The van der Waals surface area contributed by atoms with Gasteiger partial charge in [-0.1, -0.05) is 18.5 Å². The average Bonchev–Trinajstić information content (AvgIpc) is 3.12. The first-order valence-electron chi connectivity index (χ1n) is 10.6. The number of nitrogens with one attached hydrogen (secondary N) is 1. The van der Waals surface area contributed by atoms with Gasteiger partial charge in [0.15, 0.2) is 5.69 Å². The monoisotopic (exact) mass is 452 g/mol. The van der Waals surface area contributed by atoms with Crippen LogP contribution in [0.25, 0.3) is 11.3 Å². The number of fused-ring (bicyclic) bond motifs is 3. The number of aryl methyl sites for hydroxylation is 1. The fourth-order valence-corrected chi connectivity index (χ4v) is 5.62. The lowest BCUT2D eigenvalue weighted by atomic mass is 9.99. The lowest BCUT2D eigenvalue weighted by molar-refractivity contribution is 0.102. The first-order chi connectivity index (χ1) is 15.0. The quantitative estimate of drug-likeness (QED) is 0.542. The molecule has 1 fully saturated rings. The third-order valence-electron chi connectivity index (χ3n) is 6.20. The number of halogens is 1. The number of carbonyl (C=O) groups excluding carboxylic acids is 1. The molecule has 5 rings (SSSR count). The van der Waals surface area contributed by atoms with Crippen molar-refractivity contribution in [1.29, 1.82) is 0 Å². The van der Waals surface area contributed by atoms with Gasteiger partial charge in [0.05, 0.1) is 5.69 Å². The van der Waals surface area contributed by atoms with Crippen molar-refractivity contribution in [3.63, 3.8) is 0 Å². The Bertz CT molecular complexity index is 1130. The van der Waals surface area contributed by atoms with E-state index in [0.717, 1.165) is 46.4 Å². The van der Waals surface area contributed by atoms with Gasteiger partial charge in [-0.2, -0.15) is 5.10 Å². The fraction of sp³-hybridized carbons (Fsp3) is 0.333. The maximum atomic E-state index is 13.1. The largest absolute Gasteiger partial charge is 0.372 e. The molecule has 1 amide bonds. The SMILES string of the molecule is CC1CCN(c2ccc(NC(=O)c3nn(C)c4c3CSc3ccc(Cl)cc3-4)cc2)CC1. The predicted molar refractivity (Wildman–Crippen MR) is 128 cm³/mol. The average molecular weight is 453 g/mol. The molecule has 3 heterocycles. The molecule has 7 heteroatoms. The van der Waals surface area contributed by atoms with Gasteiger partial charge in [-0.05, 0) is 61.2 Å². The van der Waals surface area contributed by atoms with Gasteiger partial charge in [0.25, 0.3) is 5.91 Å². The number of carbonyl (C=O) groups is 1. The van der Waals surface area contributed by atoms with Crippen LogP contribution in [0.3, 0.4) is 0 Å². The zero-order valence-electron chi connectivity index (χ0n) is 17.7. The number of nitrogens with zero attached hydrogens (tertiary/aromatic N) is 3. The minimum absolute atomic E-state index is 0.178. The molecule has 160 valence electrons. The molecule has 2 aliphatic rings. The Hall–Kier alpha value is -2.44. The lowest BCUT2D eigenvalue weighted by Gasteiger charge is -2.32. The van der Waals surface area contributed by atoms with Crippen molar-refractivity contribution in [2.45, 2.75) is 30.4 Å². The second-order valence-corrected chi connectivity index (χ2v) is 9.85. The van der Waals surface area contributed by atoms with E-state index in [-0.39, 0.29) is 5.91 Å². The molecule has 2 aromatic carbocycles. The molecule has 0 radical (unpaired) electrons. The first-order valence-corrected chi connectivity index (χ1v) is 12.0. The number of hydrogen-bond donors (Lipinski definition) is 1. The van der Waals surface area contributed by atoms with E-state index in [0.29, 0.717) is 16.5 Å². The van der Waals surface area contributed by atoms with E-state index >= 15 is 0 Å². The highest BCUT2D eigenvalue weighted by Crippen LogP contribution is 2.43. The Balaban J connectivity index is 1.36. The molecule has 0 spiro atoms. The molecule has 0 unspecified atom stereocenters. The van der Waals surface area contributed by atoms with Crippen LogP contribution in [-0.2, 0) is 12.8 Å². The van der Waals surface area contributed by atoms with E-state index in [4.69, 9.17) is 11.6 Å². The van der Waals surface area contributed by atoms with E-state index in [9.17, 15) is 4.79 Å². The molecule has 5 nitrogen and oxygen atoms in total. The number of thioether (sulfide) groups is 1. The third-order valence-corrected chi connectivity index (χ3v) is 7.54. The van der Waals surface area contributed by atoms with Crippen molar-refractivity contribution in [1.82, 2.24) is 9.78 Å². The summed E-state index contributed by atoms with van der Waals surface area (Å²) in [5.41, 5.74) is 5.43. The number of rotatable bonds is 3. The molecular weight excluding hydrogens is 428 g/mol. The van der Waals surface area contributed by atoms with E-state index < -0.39 is 0 Å². The summed E-state index contributed by atoms with van der Waals surface area (Å²) in [5.74, 6) is 1.34. The molecule has 2 aliphatic heterocycles. The summed E-state index contributed by atoms with van der Waals surface area (Å²) >= 11 is 7.94. The number of amides is 1. The van der Waals surface area contributed by atoms with Crippen LogP contribution in [0.1, 0.15) is 35.8 Å². The number of benzene rings is 2. The number of anilines is 2. The van der Waals surface area contributed by atoms with Crippen molar-refractivity contribution < 1.29 is 4.79 Å². The standard InChI is InChI=1S/C24H25ClN4OS/c1-15-9-11-29(12-10-15)18-6-4-17(5-7-18)26-24(30)22-20-14-31-21-8-3-16(25)13-19(21)23(20)28(2)27-22/h3-8,13,15H,9-12,14H2,1-2H3,(H,26,30). The first kappa shape index (κ1) is 20.5. The second-order valence-electron chi connectivity index (χ2n) is 8.40. The molecular formula is C24H25ClN4OS. The van der Waals surface area contributed by atoms with Crippen molar-refractivity contribution in [2.24, 2.45) is 13.0 Å². The Labute approximate surface area is 191 Å². The molecule has 0 aliphatic carbocycles. The van der Waals surface area contributed by atoms with E-state index in [2.05, 4.69) is 34.4 Å². The summed E-state index contributed by atoms with van der Waals surface area (Å²) in [7, 11) is 1.88. The van der Waals surface area contributed by atoms with Crippen molar-refractivity contribution >= 4 is 40.6 Å². The minimum atomic E-state index is -0.178. The number of hydrogen-bond acceptors (Lipinski definition) is 4. The van der Waals surface area contributed by atoms with Crippen molar-refractivity contribution in [3.05, 3.63) is 58.7 Å². The molecule has 0 bridgehead atoms. The summed E-state index contributed by atoms with van der Waals surface area (Å²) < 4.78 is 1.79. The van der Waals surface area contributed by atoms with Crippen LogP contribution in [0.15, 0.2) is 47.4 Å². The van der Waals surface area contributed by atoms with E-state index in [1.807, 2.05) is 37.4 Å². The van der Waals surface area contributed by atoms with E-state index in [1.165, 1.54) is 18.5 Å². The highest BCUT2D eigenvalue weighted by atomic mass is 35.5. The van der Waals surface area contributed by atoms with Gasteiger partial charge in [0, 0.05) is 58.3 Å². The summed E-state index contributed by atoms with van der Waals surface area (Å²) in [6, 6.07) is 14.0. The molecule has 31 heavy (non-hydrogen) atoms. The normalized spacial score (nSPS) is 16.0. The van der Waals surface area contributed by atoms with Gasteiger partial charge in [0.2, 0.25) is 0 Å². The van der Waals surface area contributed by atoms with Crippen LogP contribution in [0.5, 0.6) is 0 Å². The maximum absolute atomic E-state index is 13.1. The molecule has 0 saturated carbocycles. The van der Waals surface area contributed by atoms with Gasteiger partial charge in [-0.25, -0.2) is 0 Å². The highest BCUT2D eigenvalue weighted by molar-refractivity contribution is 7.98. The Kier molecular flexibility index (Phi) is 5.44. The lowest BCUT2D eigenvalue weighted by Crippen LogP contribution is -2.32. The summed E-state index contributed by atoms with van der Waals surface area (Å²) in [6.45, 7) is 4.50. The van der Waals surface area contributed by atoms with Gasteiger partial charge < -0.3 is 10.2 Å². The number of aromatic nitrogens is 2. The zero-order valence-corrected chi connectivity index (χ0v) is 19.3. The van der Waals surface area contributed by atoms with Crippen LogP contribution in [-0.4, -0.2) is 28.8 Å². The molecule has 0 atom stereocenters. The number of piperidine rings is 1.